The van der Waals surface area contributed by atoms with Crippen molar-refractivity contribution in [3.8, 4) is 0 Å². The molecule has 1 amide bonds. The van der Waals surface area contributed by atoms with Crippen molar-refractivity contribution in [2.45, 2.75) is 52.5 Å². The SMILES string of the molecule is CC(C)N(C)Cc1nnc2n1CCCN(C(=O)Cn1ccccc1=O)C2. The van der Waals surface area contributed by atoms with Crippen molar-refractivity contribution in [2.75, 3.05) is 13.6 Å². The van der Waals surface area contributed by atoms with Crippen LogP contribution in [0.15, 0.2) is 29.2 Å². The van der Waals surface area contributed by atoms with Crippen LogP contribution in [0.1, 0.15) is 31.9 Å². The molecular formula is C18H26N6O2. The number of carbonyl (C=O) groups is 1. The van der Waals surface area contributed by atoms with E-state index in [-0.39, 0.29) is 18.0 Å². The first-order chi connectivity index (χ1) is 12.5. The van der Waals surface area contributed by atoms with Gasteiger partial charge in [0.2, 0.25) is 5.91 Å². The lowest BCUT2D eigenvalue weighted by molar-refractivity contribution is -0.132. The van der Waals surface area contributed by atoms with E-state index in [9.17, 15) is 9.59 Å². The quantitative estimate of drug-likeness (QED) is 0.787. The summed E-state index contributed by atoms with van der Waals surface area (Å²) >= 11 is 0. The Morgan fingerprint density at radius 2 is 2.08 bits per heavy atom. The van der Waals surface area contributed by atoms with Gasteiger partial charge in [-0.3, -0.25) is 14.5 Å². The minimum atomic E-state index is -0.169. The monoisotopic (exact) mass is 358 g/mol. The van der Waals surface area contributed by atoms with Crippen LogP contribution < -0.4 is 5.56 Å². The molecule has 0 saturated heterocycles. The first-order valence-corrected chi connectivity index (χ1v) is 9.00. The molecule has 0 aliphatic carbocycles. The van der Waals surface area contributed by atoms with E-state index < -0.39 is 0 Å². The van der Waals surface area contributed by atoms with Crippen molar-refractivity contribution in [2.24, 2.45) is 0 Å². The number of amides is 1. The fourth-order valence-corrected chi connectivity index (χ4v) is 2.99. The molecule has 0 aromatic carbocycles. The number of pyridine rings is 1. The molecule has 8 heteroatoms. The molecule has 2 aromatic heterocycles. The number of hydrogen-bond donors (Lipinski definition) is 0. The summed E-state index contributed by atoms with van der Waals surface area (Å²) in [6, 6.07) is 5.32. The van der Waals surface area contributed by atoms with E-state index >= 15 is 0 Å². The van der Waals surface area contributed by atoms with Gasteiger partial charge in [0.1, 0.15) is 12.4 Å². The van der Waals surface area contributed by atoms with Gasteiger partial charge in [0.25, 0.3) is 5.56 Å². The van der Waals surface area contributed by atoms with Crippen molar-refractivity contribution in [3.63, 3.8) is 0 Å². The van der Waals surface area contributed by atoms with E-state index in [0.29, 0.717) is 19.1 Å². The molecule has 26 heavy (non-hydrogen) atoms. The van der Waals surface area contributed by atoms with Gasteiger partial charge in [-0.15, -0.1) is 10.2 Å². The zero-order valence-electron chi connectivity index (χ0n) is 15.6. The number of carbonyl (C=O) groups excluding carboxylic acids is 1. The molecule has 0 unspecified atom stereocenters. The second kappa shape index (κ2) is 7.82. The Balaban J connectivity index is 1.72. The summed E-state index contributed by atoms with van der Waals surface area (Å²) in [5, 5.41) is 8.64. The Hall–Kier alpha value is -2.48. The van der Waals surface area contributed by atoms with Crippen molar-refractivity contribution < 1.29 is 4.79 Å². The minimum absolute atomic E-state index is 0.0523. The Labute approximate surface area is 153 Å². The summed E-state index contributed by atoms with van der Waals surface area (Å²) in [6.07, 6.45) is 2.49. The molecule has 3 heterocycles. The maximum atomic E-state index is 12.7. The molecule has 0 bridgehead atoms. The van der Waals surface area contributed by atoms with Crippen LogP contribution in [0.5, 0.6) is 0 Å². The van der Waals surface area contributed by atoms with Crippen molar-refractivity contribution >= 4 is 5.91 Å². The van der Waals surface area contributed by atoms with Gasteiger partial charge in [-0.2, -0.15) is 0 Å². The zero-order valence-corrected chi connectivity index (χ0v) is 15.6. The molecule has 140 valence electrons. The number of hydrogen-bond acceptors (Lipinski definition) is 5. The highest BCUT2D eigenvalue weighted by Gasteiger charge is 2.23. The van der Waals surface area contributed by atoms with Gasteiger partial charge in [0, 0.05) is 31.4 Å². The van der Waals surface area contributed by atoms with E-state index in [0.717, 1.165) is 31.2 Å². The number of nitrogens with zero attached hydrogens (tertiary/aromatic N) is 6. The van der Waals surface area contributed by atoms with E-state index in [1.54, 1.807) is 23.2 Å². The third kappa shape index (κ3) is 4.01. The first kappa shape index (κ1) is 18.3. The topological polar surface area (TPSA) is 76.3 Å². The molecule has 0 fully saturated rings. The fraction of sp³-hybridized carbons (Fsp3) is 0.556. The standard InChI is InChI=1S/C18H26N6O2/c1-14(2)21(3)11-15-19-20-16-12-22(9-6-10-24(15)16)18(26)13-23-8-5-4-7-17(23)25/h4-5,7-8,14H,6,9-13H2,1-3H3. The largest absolute Gasteiger partial charge is 0.334 e. The van der Waals surface area contributed by atoms with E-state index in [1.165, 1.54) is 10.6 Å². The molecular weight excluding hydrogens is 332 g/mol. The van der Waals surface area contributed by atoms with Crippen molar-refractivity contribution in [3.05, 3.63) is 46.4 Å². The van der Waals surface area contributed by atoms with Crippen LogP contribution in [0.4, 0.5) is 0 Å². The van der Waals surface area contributed by atoms with Crippen LogP contribution in [0.25, 0.3) is 0 Å². The van der Waals surface area contributed by atoms with Gasteiger partial charge in [-0.1, -0.05) is 6.07 Å². The van der Waals surface area contributed by atoms with Gasteiger partial charge >= 0.3 is 0 Å². The molecule has 0 radical (unpaired) electrons. The fourth-order valence-electron chi connectivity index (χ4n) is 2.99. The second-order valence-corrected chi connectivity index (χ2v) is 7.03. The molecule has 1 aliphatic rings. The average Bonchev–Trinajstić information content (AvgIpc) is 2.85. The molecule has 0 spiro atoms. The predicted octanol–water partition coefficient (Wildman–Crippen LogP) is 0.712. The molecule has 0 atom stereocenters. The van der Waals surface area contributed by atoms with Crippen LogP contribution in [-0.4, -0.2) is 54.7 Å². The smallest absolute Gasteiger partial charge is 0.250 e. The van der Waals surface area contributed by atoms with Crippen molar-refractivity contribution in [1.29, 1.82) is 0 Å². The third-order valence-electron chi connectivity index (χ3n) is 4.88. The molecule has 1 aliphatic heterocycles. The molecule has 0 saturated carbocycles. The maximum Gasteiger partial charge on any atom is 0.250 e. The summed E-state index contributed by atoms with van der Waals surface area (Å²) in [4.78, 5) is 28.5. The van der Waals surface area contributed by atoms with Crippen molar-refractivity contribution in [1.82, 2.24) is 29.1 Å². The number of aromatic nitrogens is 4. The Morgan fingerprint density at radius 1 is 1.27 bits per heavy atom. The van der Waals surface area contributed by atoms with Crippen LogP contribution in [0, 0.1) is 0 Å². The van der Waals surface area contributed by atoms with Crippen LogP contribution in [0.2, 0.25) is 0 Å². The molecule has 8 nitrogen and oxygen atoms in total. The van der Waals surface area contributed by atoms with Gasteiger partial charge in [-0.05, 0) is 33.4 Å². The molecule has 2 aromatic rings. The van der Waals surface area contributed by atoms with Gasteiger partial charge in [0.15, 0.2) is 5.82 Å². The molecule has 0 N–H and O–H groups in total. The minimum Gasteiger partial charge on any atom is -0.334 e. The number of rotatable bonds is 5. The summed E-state index contributed by atoms with van der Waals surface area (Å²) in [5.74, 6) is 1.67. The number of fused-ring (bicyclic) bond motifs is 1. The summed E-state index contributed by atoms with van der Waals surface area (Å²) in [7, 11) is 2.07. The lowest BCUT2D eigenvalue weighted by Gasteiger charge is -2.20. The average molecular weight is 358 g/mol. The highest BCUT2D eigenvalue weighted by atomic mass is 16.2. The van der Waals surface area contributed by atoms with Gasteiger partial charge < -0.3 is 14.0 Å². The normalized spacial score (nSPS) is 14.6. The van der Waals surface area contributed by atoms with Crippen LogP contribution in [-0.2, 0) is 31.0 Å². The lowest BCUT2D eigenvalue weighted by atomic mass is 10.3. The van der Waals surface area contributed by atoms with E-state index in [4.69, 9.17) is 0 Å². The molecule has 3 rings (SSSR count). The van der Waals surface area contributed by atoms with Crippen LogP contribution >= 0.6 is 0 Å². The Kier molecular flexibility index (Phi) is 5.51. The third-order valence-corrected chi connectivity index (χ3v) is 4.88. The highest BCUT2D eigenvalue weighted by molar-refractivity contribution is 5.76. The summed E-state index contributed by atoms with van der Waals surface area (Å²) in [6.45, 7) is 6.97. The predicted molar refractivity (Wildman–Crippen MR) is 97.4 cm³/mol. The van der Waals surface area contributed by atoms with Gasteiger partial charge in [0.05, 0.1) is 13.1 Å². The Bertz CT molecular complexity index is 825. The van der Waals surface area contributed by atoms with E-state index in [1.807, 2.05) is 0 Å². The summed E-state index contributed by atoms with van der Waals surface area (Å²) < 4.78 is 3.56. The highest BCUT2D eigenvalue weighted by Crippen LogP contribution is 2.15. The summed E-state index contributed by atoms with van der Waals surface area (Å²) in [5.41, 5.74) is -0.169. The second-order valence-electron chi connectivity index (χ2n) is 7.03. The maximum absolute atomic E-state index is 12.7. The lowest BCUT2D eigenvalue weighted by Crippen LogP contribution is -2.36. The van der Waals surface area contributed by atoms with Gasteiger partial charge in [-0.25, -0.2) is 0 Å². The zero-order chi connectivity index (χ0) is 18.7. The van der Waals surface area contributed by atoms with Crippen LogP contribution in [0.3, 0.4) is 0 Å². The first-order valence-electron chi connectivity index (χ1n) is 9.00. The Morgan fingerprint density at radius 3 is 2.81 bits per heavy atom. The van der Waals surface area contributed by atoms with E-state index in [2.05, 4.69) is 40.6 Å².